The fraction of sp³-hybridized carbons (Fsp3) is 0.571. The second-order valence-electron chi connectivity index (χ2n) is 5.27. The number of hydrogen-bond acceptors (Lipinski definition) is 1. The maximum Gasteiger partial charge on any atom is 0.123 e. The van der Waals surface area contributed by atoms with Gasteiger partial charge in [0.25, 0.3) is 0 Å². The average molecular weight is 219 g/mol. The van der Waals surface area contributed by atoms with E-state index in [1.807, 2.05) is 6.07 Å². The van der Waals surface area contributed by atoms with E-state index >= 15 is 0 Å². The van der Waals surface area contributed by atoms with Crippen LogP contribution < -0.4 is 0 Å². The third-order valence-electron chi connectivity index (χ3n) is 4.42. The Morgan fingerprint density at radius 3 is 2.50 bits per heavy atom. The summed E-state index contributed by atoms with van der Waals surface area (Å²) in [6.45, 7) is 0. The van der Waals surface area contributed by atoms with Gasteiger partial charge in [-0.05, 0) is 56.3 Å². The number of hydrogen-bond donors (Lipinski definition) is 0. The topological polar surface area (TPSA) is 3.24 Å². The standard InChI is InChI=1S/C14H18FN/c1-16-13-5-6-14(16)9-11(8-13)10-3-2-4-12(15)7-10/h2-4,7,11,13-14H,5-6,8-9H2,1H3/t11?,13-,14+. The lowest BCUT2D eigenvalue weighted by Crippen LogP contribution is -2.39. The smallest absolute Gasteiger partial charge is 0.123 e. The van der Waals surface area contributed by atoms with Crippen LogP contribution in [0.4, 0.5) is 4.39 Å². The molecule has 0 N–H and O–H groups in total. The fourth-order valence-electron chi connectivity index (χ4n) is 3.44. The predicted molar refractivity (Wildman–Crippen MR) is 62.9 cm³/mol. The molecular formula is C14H18FN. The van der Waals surface area contributed by atoms with E-state index in [4.69, 9.17) is 0 Å². The fourth-order valence-corrected chi connectivity index (χ4v) is 3.44. The lowest BCUT2D eigenvalue weighted by molar-refractivity contribution is 0.161. The van der Waals surface area contributed by atoms with Crippen molar-refractivity contribution in [2.75, 3.05) is 7.05 Å². The molecule has 1 unspecified atom stereocenters. The first-order chi connectivity index (χ1) is 7.74. The first kappa shape index (κ1) is 10.3. The van der Waals surface area contributed by atoms with Crippen LogP contribution in [0.25, 0.3) is 0 Å². The largest absolute Gasteiger partial charge is 0.300 e. The Bertz CT molecular complexity index is 376. The van der Waals surface area contributed by atoms with Gasteiger partial charge >= 0.3 is 0 Å². The zero-order valence-electron chi connectivity index (χ0n) is 9.70. The number of rotatable bonds is 1. The van der Waals surface area contributed by atoms with Gasteiger partial charge < -0.3 is 4.90 Å². The number of halogens is 1. The van der Waals surface area contributed by atoms with Crippen molar-refractivity contribution < 1.29 is 4.39 Å². The molecule has 0 saturated carbocycles. The van der Waals surface area contributed by atoms with Gasteiger partial charge in [0.15, 0.2) is 0 Å². The molecule has 2 aliphatic heterocycles. The zero-order chi connectivity index (χ0) is 11.1. The van der Waals surface area contributed by atoms with E-state index < -0.39 is 0 Å². The van der Waals surface area contributed by atoms with Crippen molar-refractivity contribution in [2.24, 2.45) is 0 Å². The molecule has 2 saturated heterocycles. The molecule has 3 atom stereocenters. The lowest BCUT2D eigenvalue weighted by Gasteiger charge is -2.36. The van der Waals surface area contributed by atoms with Crippen molar-refractivity contribution in [3.63, 3.8) is 0 Å². The van der Waals surface area contributed by atoms with Gasteiger partial charge in [0.2, 0.25) is 0 Å². The molecule has 16 heavy (non-hydrogen) atoms. The third kappa shape index (κ3) is 1.65. The number of nitrogens with zero attached hydrogens (tertiary/aromatic N) is 1. The highest BCUT2D eigenvalue weighted by Gasteiger charge is 2.38. The highest BCUT2D eigenvalue weighted by Crippen LogP contribution is 2.41. The third-order valence-corrected chi connectivity index (χ3v) is 4.42. The van der Waals surface area contributed by atoms with Crippen LogP contribution in [0.2, 0.25) is 0 Å². The van der Waals surface area contributed by atoms with Crippen molar-refractivity contribution in [1.29, 1.82) is 0 Å². The van der Waals surface area contributed by atoms with Gasteiger partial charge in [-0.3, -0.25) is 0 Å². The molecule has 0 spiro atoms. The normalized spacial score (nSPS) is 34.2. The Labute approximate surface area is 96.3 Å². The summed E-state index contributed by atoms with van der Waals surface area (Å²) in [5, 5.41) is 0. The molecule has 2 heterocycles. The van der Waals surface area contributed by atoms with Crippen molar-refractivity contribution >= 4 is 0 Å². The van der Waals surface area contributed by atoms with Crippen LogP contribution in [0.3, 0.4) is 0 Å². The van der Waals surface area contributed by atoms with Gasteiger partial charge in [0, 0.05) is 12.1 Å². The van der Waals surface area contributed by atoms with E-state index in [2.05, 4.69) is 18.0 Å². The average Bonchev–Trinajstić information content (AvgIpc) is 2.53. The molecule has 2 fully saturated rings. The van der Waals surface area contributed by atoms with Gasteiger partial charge in [-0.2, -0.15) is 0 Å². The van der Waals surface area contributed by atoms with Crippen LogP contribution in [0.1, 0.15) is 37.2 Å². The summed E-state index contributed by atoms with van der Waals surface area (Å²) < 4.78 is 13.2. The van der Waals surface area contributed by atoms with Gasteiger partial charge in [0.1, 0.15) is 5.82 Å². The van der Waals surface area contributed by atoms with E-state index in [1.54, 1.807) is 6.07 Å². The van der Waals surface area contributed by atoms with E-state index in [0.29, 0.717) is 5.92 Å². The molecular weight excluding hydrogens is 201 g/mol. The molecule has 2 heteroatoms. The van der Waals surface area contributed by atoms with Crippen LogP contribution in [0.15, 0.2) is 24.3 Å². The summed E-state index contributed by atoms with van der Waals surface area (Å²) in [5.74, 6) is 0.480. The van der Waals surface area contributed by atoms with Crippen molar-refractivity contribution in [1.82, 2.24) is 4.90 Å². The molecule has 2 aliphatic rings. The highest BCUT2D eigenvalue weighted by atomic mass is 19.1. The molecule has 2 bridgehead atoms. The monoisotopic (exact) mass is 219 g/mol. The van der Waals surface area contributed by atoms with Gasteiger partial charge in [-0.15, -0.1) is 0 Å². The second kappa shape index (κ2) is 3.85. The van der Waals surface area contributed by atoms with Crippen LogP contribution in [-0.2, 0) is 0 Å². The zero-order valence-corrected chi connectivity index (χ0v) is 9.70. The van der Waals surface area contributed by atoms with Crippen molar-refractivity contribution in [3.8, 4) is 0 Å². The summed E-state index contributed by atoms with van der Waals surface area (Å²) in [6.07, 6.45) is 5.06. The summed E-state index contributed by atoms with van der Waals surface area (Å²) in [6, 6.07) is 8.63. The quantitative estimate of drug-likeness (QED) is 0.701. The minimum Gasteiger partial charge on any atom is -0.300 e. The van der Waals surface area contributed by atoms with E-state index in [-0.39, 0.29) is 5.82 Å². The predicted octanol–water partition coefficient (Wildman–Crippen LogP) is 3.17. The van der Waals surface area contributed by atoms with E-state index in [9.17, 15) is 4.39 Å². The molecule has 1 aromatic rings. The number of fused-ring (bicyclic) bond motifs is 2. The molecule has 0 amide bonds. The van der Waals surface area contributed by atoms with Crippen LogP contribution in [-0.4, -0.2) is 24.0 Å². The van der Waals surface area contributed by atoms with Crippen LogP contribution in [0, 0.1) is 5.82 Å². The Kier molecular flexibility index (Phi) is 2.47. The summed E-state index contributed by atoms with van der Waals surface area (Å²) in [4.78, 5) is 2.52. The Balaban J connectivity index is 1.83. The van der Waals surface area contributed by atoms with Crippen molar-refractivity contribution in [2.45, 2.75) is 43.7 Å². The van der Waals surface area contributed by atoms with Gasteiger partial charge in [0.05, 0.1) is 0 Å². The molecule has 0 aliphatic carbocycles. The Hall–Kier alpha value is -0.890. The molecule has 0 radical (unpaired) electrons. The summed E-state index contributed by atoms with van der Waals surface area (Å²) >= 11 is 0. The van der Waals surface area contributed by atoms with Crippen LogP contribution >= 0.6 is 0 Å². The minimum absolute atomic E-state index is 0.0937. The van der Waals surface area contributed by atoms with Gasteiger partial charge in [-0.1, -0.05) is 12.1 Å². The summed E-state index contributed by atoms with van der Waals surface area (Å²) in [5.41, 5.74) is 1.20. The SMILES string of the molecule is CN1[C@@H]2CC[C@H]1CC(c1cccc(F)c1)C2. The molecule has 86 valence electrons. The Morgan fingerprint density at radius 2 is 1.88 bits per heavy atom. The Morgan fingerprint density at radius 1 is 1.19 bits per heavy atom. The lowest BCUT2D eigenvalue weighted by atomic mass is 9.85. The maximum absolute atomic E-state index is 13.2. The number of piperidine rings is 1. The molecule has 1 aromatic carbocycles. The molecule has 3 rings (SSSR count). The molecule has 1 nitrogen and oxygen atoms in total. The maximum atomic E-state index is 13.2. The second-order valence-corrected chi connectivity index (χ2v) is 5.27. The van der Waals surface area contributed by atoms with Crippen molar-refractivity contribution in [3.05, 3.63) is 35.6 Å². The highest BCUT2D eigenvalue weighted by molar-refractivity contribution is 5.22. The first-order valence-electron chi connectivity index (χ1n) is 6.21. The summed E-state index contributed by atoms with van der Waals surface area (Å²) in [7, 11) is 2.24. The first-order valence-corrected chi connectivity index (χ1v) is 6.21. The number of benzene rings is 1. The van der Waals surface area contributed by atoms with E-state index in [0.717, 1.165) is 12.1 Å². The van der Waals surface area contributed by atoms with Crippen LogP contribution in [0.5, 0.6) is 0 Å². The van der Waals surface area contributed by atoms with Gasteiger partial charge in [-0.25, -0.2) is 4.39 Å². The minimum atomic E-state index is -0.0937. The molecule has 0 aromatic heterocycles. The van der Waals surface area contributed by atoms with E-state index in [1.165, 1.54) is 37.3 Å².